The fourth-order valence-electron chi connectivity index (χ4n) is 4.61. The van der Waals surface area contributed by atoms with Crippen LogP contribution in [0, 0.1) is 22.2 Å². The van der Waals surface area contributed by atoms with E-state index in [0.29, 0.717) is 21.9 Å². The predicted molar refractivity (Wildman–Crippen MR) is 155 cm³/mol. The molecule has 10 heteroatoms. The van der Waals surface area contributed by atoms with E-state index < -0.39 is 11.7 Å². The van der Waals surface area contributed by atoms with E-state index in [4.69, 9.17) is 4.74 Å². The summed E-state index contributed by atoms with van der Waals surface area (Å²) in [6, 6.07) is 12.4. The van der Waals surface area contributed by atoms with Gasteiger partial charge in [0, 0.05) is 16.7 Å². The standard InChI is InChI=1S/C28H34FIN6O2/c1-19-32-27(34-26(37)24-13-10-22(30)16-25(24)29)35-28(33-19)36(18-21-8-11-23(38-2)12-9-21)15-4-3-6-20-7-5-14-31-17-20/h8-13,16,20,31H,3-7,14-15,17-18H2,1-2H3,(H,32,33,34,35,37). The number of halogens is 2. The zero-order valence-electron chi connectivity index (χ0n) is 21.8. The zero-order valence-corrected chi connectivity index (χ0v) is 24.0. The topological polar surface area (TPSA) is 92.3 Å². The predicted octanol–water partition coefficient (Wildman–Crippen LogP) is 5.36. The fraction of sp³-hybridized carbons (Fsp3) is 0.429. The van der Waals surface area contributed by atoms with Gasteiger partial charge in [0.2, 0.25) is 11.9 Å². The number of ether oxygens (including phenoxy) is 1. The Hall–Kier alpha value is -2.86. The lowest BCUT2D eigenvalue weighted by atomic mass is 9.94. The summed E-state index contributed by atoms with van der Waals surface area (Å²) in [7, 11) is 1.65. The Morgan fingerprint density at radius 1 is 1.18 bits per heavy atom. The van der Waals surface area contributed by atoms with Gasteiger partial charge in [0.25, 0.3) is 5.91 Å². The van der Waals surface area contributed by atoms with Crippen molar-refractivity contribution >= 4 is 40.4 Å². The second-order valence-electron chi connectivity index (χ2n) is 9.56. The molecule has 1 aromatic heterocycles. The van der Waals surface area contributed by atoms with Crippen molar-refractivity contribution < 1.29 is 13.9 Å². The van der Waals surface area contributed by atoms with E-state index >= 15 is 0 Å². The summed E-state index contributed by atoms with van der Waals surface area (Å²) in [5, 5.41) is 6.14. The first-order valence-electron chi connectivity index (χ1n) is 13.0. The van der Waals surface area contributed by atoms with Crippen LogP contribution in [0.3, 0.4) is 0 Å². The van der Waals surface area contributed by atoms with E-state index in [-0.39, 0.29) is 11.5 Å². The molecule has 0 spiro atoms. The molecule has 2 heterocycles. The van der Waals surface area contributed by atoms with Crippen LogP contribution in [0.25, 0.3) is 0 Å². The Kier molecular flexibility index (Phi) is 10.2. The molecule has 0 radical (unpaired) electrons. The average molecular weight is 633 g/mol. The number of rotatable bonds is 11. The Bertz CT molecular complexity index is 1220. The van der Waals surface area contributed by atoms with Crippen LogP contribution in [0.1, 0.15) is 53.8 Å². The third kappa shape index (κ3) is 8.07. The largest absolute Gasteiger partial charge is 0.497 e. The van der Waals surface area contributed by atoms with Gasteiger partial charge < -0.3 is 15.0 Å². The highest BCUT2D eigenvalue weighted by Gasteiger charge is 2.18. The maximum absolute atomic E-state index is 14.4. The summed E-state index contributed by atoms with van der Waals surface area (Å²) in [6.45, 7) is 5.34. The molecule has 1 amide bonds. The van der Waals surface area contributed by atoms with Gasteiger partial charge in [0.15, 0.2) is 0 Å². The highest BCUT2D eigenvalue weighted by atomic mass is 127. The maximum atomic E-state index is 14.4. The quantitative estimate of drug-likeness (QED) is 0.217. The Labute approximate surface area is 237 Å². The number of piperidine rings is 1. The summed E-state index contributed by atoms with van der Waals surface area (Å²) in [4.78, 5) is 28.3. The highest BCUT2D eigenvalue weighted by Crippen LogP contribution is 2.21. The number of methoxy groups -OCH3 is 1. The number of amides is 1. The molecule has 202 valence electrons. The normalized spacial score (nSPS) is 15.2. The van der Waals surface area contributed by atoms with Gasteiger partial charge in [0.1, 0.15) is 17.4 Å². The van der Waals surface area contributed by atoms with Crippen LogP contribution in [0.2, 0.25) is 0 Å². The van der Waals surface area contributed by atoms with Crippen LogP contribution in [-0.2, 0) is 6.54 Å². The van der Waals surface area contributed by atoms with Crippen molar-refractivity contribution in [1.29, 1.82) is 0 Å². The molecule has 0 aliphatic carbocycles. The number of nitrogens with one attached hydrogen (secondary N) is 2. The van der Waals surface area contributed by atoms with Crippen LogP contribution < -0.4 is 20.3 Å². The number of carbonyl (C=O) groups excluding carboxylic acids is 1. The molecule has 1 saturated heterocycles. The number of aromatic nitrogens is 3. The average Bonchev–Trinajstić information content (AvgIpc) is 2.91. The van der Waals surface area contributed by atoms with Crippen molar-refractivity contribution in [3.05, 3.63) is 68.8 Å². The van der Waals surface area contributed by atoms with Crippen molar-refractivity contribution in [2.24, 2.45) is 5.92 Å². The van der Waals surface area contributed by atoms with Crippen LogP contribution in [-0.4, -0.2) is 47.6 Å². The minimum atomic E-state index is -0.599. The van der Waals surface area contributed by atoms with Gasteiger partial charge in [-0.15, -0.1) is 0 Å². The molecule has 0 saturated carbocycles. The number of anilines is 2. The molecule has 1 aliphatic rings. The first-order valence-corrected chi connectivity index (χ1v) is 14.1. The van der Waals surface area contributed by atoms with E-state index in [0.717, 1.165) is 49.7 Å². The molecular weight excluding hydrogens is 598 g/mol. The molecule has 1 unspecified atom stereocenters. The zero-order chi connectivity index (χ0) is 26.9. The SMILES string of the molecule is COc1ccc(CN(CCCCC2CCCNC2)c2nc(C)nc(NC(=O)c3ccc(I)cc3F)n2)cc1. The van der Waals surface area contributed by atoms with Crippen molar-refractivity contribution in [2.75, 3.05) is 37.0 Å². The third-order valence-electron chi connectivity index (χ3n) is 6.64. The highest BCUT2D eigenvalue weighted by molar-refractivity contribution is 14.1. The number of hydrogen-bond acceptors (Lipinski definition) is 7. The van der Waals surface area contributed by atoms with E-state index in [9.17, 15) is 9.18 Å². The van der Waals surface area contributed by atoms with Crippen LogP contribution in [0.4, 0.5) is 16.3 Å². The molecule has 8 nitrogen and oxygen atoms in total. The number of benzene rings is 2. The van der Waals surface area contributed by atoms with Crippen molar-refractivity contribution in [3.63, 3.8) is 0 Å². The molecule has 3 aromatic rings. The molecule has 1 atom stereocenters. The number of nitrogens with zero attached hydrogens (tertiary/aromatic N) is 4. The molecule has 1 fully saturated rings. The molecule has 38 heavy (non-hydrogen) atoms. The lowest BCUT2D eigenvalue weighted by Gasteiger charge is -2.25. The monoisotopic (exact) mass is 632 g/mol. The molecular formula is C28H34FIN6O2. The van der Waals surface area contributed by atoms with Crippen molar-refractivity contribution in [3.8, 4) is 5.75 Å². The van der Waals surface area contributed by atoms with Gasteiger partial charge in [-0.25, -0.2) is 4.39 Å². The number of unbranched alkanes of at least 4 members (excludes halogenated alkanes) is 1. The first-order chi connectivity index (χ1) is 18.4. The van der Waals surface area contributed by atoms with E-state index in [1.807, 2.05) is 46.9 Å². The summed E-state index contributed by atoms with van der Waals surface area (Å²) in [5.41, 5.74) is 1.03. The number of carbonyl (C=O) groups is 1. The third-order valence-corrected chi connectivity index (χ3v) is 7.31. The summed E-state index contributed by atoms with van der Waals surface area (Å²) in [6.07, 6.45) is 5.85. The Balaban J connectivity index is 1.49. The fourth-order valence-corrected chi connectivity index (χ4v) is 5.07. The minimum absolute atomic E-state index is 0.0580. The molecule has 4 rings (SSSR count). The smallest absolute Gasteiger partial charge is 0.260 e. The summed E-state index contributed by atoms with van der Waals surface area (Å²) < 4.78 is 20.4. The lowest BCUT2D eigenvalue weighted by molar-refractivity contribution is 0.102. The molecule has 0 bridgehead atoms. The van der Waals surface area contributed by atoms with Gasteiger partial charge >= 0.3 is 0 Å². The second-order valence-corrected chi connectivity index (χ2v) is 10.8. The van der Waals surface area contributed by atoms with Crippen LogP contribution in [0.15, 0.2) is 42.5 Å². The molecule has 1 aliphatic heterocycles. The van der Waals surface area contributed by atoms with Gasteiger partial charge in [-0.2, -0.15) is 15.0 Å². The van der Waals surface area contributed by atoms with Crippen LogP contribution in [0.5, 0.6) is 5.75 Å². The Morgan fingerprint density at radius 2 is 2.00 bits per heavy atom. The van der Waals surface area contributed by atoms with Gasteiger partial charge in [-0.1, -0.05) is 18.6 Å². The number of hydrogen-bond donors (Lipinski definition) is 2. The lowest BCUT2D eigenvalue weighted by Crippen LogP contribution is -2.30. The van der Waals surface area contributed by atoms with E-state index in [1.54, 1.807) is 20.1 Å². The van der Waals surface area contributed by atoms with Crippen molar-refractivity contribution in [1.82, 2.24) is 20.3 Å². The summed E-state index contributed by atoms with van der Waals surface area (Å²) >= 11 is 2.00. The minimum Gasteiger partial charge on any atom is -0.497 e. The molecule has 2 aromatic carbocycles. The van der Waals surface area contributed by atoms with Gasteiger partial charge in [-0.3, -0.25) is 10.1 Å². The number of aryl methyl sites for hydroxylation is 1. The van der Waals surface area contributed by atoms with E-state index in [1.165, 1.54) is 31.4 Å². The van der Waals surface area contributed by atoms with Gasteiger partial charge in [-0.05, 0) is 110 Å². The van der Waals surface area contributed by atoms with Crippen LogP contribution >= 0.6 is 22.6 Å². The Morgan fingerprint density at radius 3 is 2.71 bits per heavy atom. The maximum Gasteiger partial charge on any atom is 0.260 e. The second kappa shape index (κ2) is 13.8. The summed E-state index contributed by atoms with van der Waals surface area (Å²) in [5.74, 6) is 1.40. The molecule has 2 N–H and O–H groups in total. The van der Waals surface area contributed by atoms with Gasteiger partial charge in [0.05, 0.1) is 12.7 Å². The first kappa shape index (κ1) is 28.2. The van der Waals surface area contributed by atoms with Crippen molar-refractivity contribution in [2.45, 2.75) is 45.6 Å². The van der Waals surface area contributed by atoms with E-state index in [2.05, 4.69) is 30.5 Å².